The number of hydrogen-bond donors (Lipinski definition) is 1. The van der Waals surface area contributed by atoms with E-state index in [-0.39, 0.29) is 19.2 Å². The van der Waals surface area contributed by atoms with Gasteiger partial charge in [0.2, 0.25) is 12.7 Å². The molecule has 5 nitrogen and oxygen atoms in total. The smallest absolute Gasteiger partial charge is 0.231 e. The summed E-state index contributed by atoms with van der Waals surface area (Å²) in [5, 5.41) is 4.10. The molecule has 1 aliphatic rings. The fraction of sp³-hybridized carbons (Fsp3) is 0.267. The van der Waals surface area contributed by atoms with Crippen molar-refractivity contribution in [3.8, 4) is 11.5 Å². The lowest BCUT2D eigenvalue weighted by molar-refractivity contribution is -0.119. The van der Waals surface area contributed by atoms with Gasteiger partial charge in [0.15, 0.2) is 11.5 Å². The average molecular weight is 304 g/mol. The zero-order valence-corrected chi connectivity index (χ0v) is 12.3. The Morgan fingerprint density at radius 3 is 2.76 bits per heavy atom. The molecule has 1 amide bonds. The molecule has 0 fully saturated rings. The molecule has 0 atom stereocenters. The lowest BCUT2D eigenvalue weighted by Gasteiger charge is -2.20. The Labute approximate surface area is 126 Å². The number of amides is 1. The Morgan fingerprint density at radius 2 is 2.00 bits per heavy atom. The van der Waals surface area contributed by atoms with Gasteiger partial charge in [-0.3, -0.25) is 9.69 Å². The highest BCUT2D eigenvalue weighted by atomic mass is 32.1. The summed E-state index contributed by atoms with van der Waals surface area (Å²) in [5.74, 6) is 1.19. The molecule has 1 aromatic heterocycles. The number of fused-ring (bicyclic) bond motifs is 1. The molecule has 3 rings (SSSR count). The molecule has 21 heavy (non-hydrogen) atoms. The normalized spacial score (nSPS) is 12.8. The van der Waals surface area contributed by atoms with Crippen molar-refractivity contribution >= 4 is 17.2 Å². The fourth-order valence-corrected chi connectivity index (χ4v) is 2.99. The average Bonchev–Trinajstić information content (AvgIpc) is 3.08. The topological polar surface area (TPSA) is 64.8 Å². The van der Waals surface area contributed by atoms with Crippen molar-refractivity contribution in [2.24, 2.45) is 5.73 Å². The molecular formula is C15H16N2O3S. The molecule has 0 spiro atoms. The molecule has 110 valence electrons. The quantitative estimate of drug-likeness (QED) is 0.886. The highest BCUT2D eigenvalue weighted by molar-refractivity contribution is 7.07. The van der Waals surface area contributed by atoms with Gasteiger partial charge < -0.3 is 15.2 Å². The van der Waals surface area contributed by atoms with Gasteiger partial charge in [0.1, 0.15) is 0 Å². The standard InChI is InChI=1S/C15H16N2O3S/c16-15(18)8-17(7-12-3-4-21-9-12)6-11-1-2-13-14(5-11)20-10-19-13/h1-5,9H,6-8,10H2,(H2,16,18). The van der Waals surface area contributed by atoms with E-state index in [1.165, 1.54) is 5.56 Å². The van der Waals surface area contributed by atoms with Crippen molar-refractivity contribution in [1.82, 2.24) is 4.90 Å². The SMILES string of the molecule is NC(=O)CN(Cc1ccsc1)Cc1ccc2c(c1)OCO2. The van der Waals surface area contributed by atoms with Crippen LogP contribution in [0.15, 0.2) is 35.0 Å². The first kappa shape index (κ1) is 13.9. The van der Waals surface area contributed by atoms with Crippen LogP contribution in [0.1, 0.15) is 11.1 Å². The predicted octanol–water partition coefficient (Wildman–Crippen LogP) is 1.96. The van der Waals surface area contributed by atoms with Gasteiger partial charge in [-0.1, -0.05) is 6.07 Å². The molecule has 0 unspecified atom stereocenters. The van der Waals surface area contributed by atoms with Crippen molar-refractivity contribution in [2.45, 2.75) is 13.1 Å². The number of nitrogens with zero attached hydrogens (tertiary/aromatic N) is 1. The molecule has 1 aromatic carbocycles. The monoisotopic (exact) mass is 304 g/mol. The number of benzene rings is 1. The fourth-order valence-electron chi connectivity index (χ4n) is 2.33. The first-order valence-corrected chi connectivity index (χ1v) is 7.55. The van der Waals surface area contributed by atoms with E-state index in [9.17, 15) is 4.79 Å². The van der Waals surface area contributed by atoms with Gasteiger partial charge in [-0.2, -0.15) is 11.3 Å². The highest BCUT2D eigenvalue weighted by Crippen LogP contribution is 2.32. The number of hydrogen-bond acceptors (Lipinski definition) is 5. The maximum atomic E-state index is 11.3. The zero-order chi connectivity index (χ0) is 14.7. The van der Waals surface area contributed by atoms with Crippen LogP contribution in [0.25, 0.3) is 0 Å². The maximum absolute atomic E-state index is 11.3. The summed E-state index contributed by atoms with van der Waals surface area (Å²) < 4.78 is 10.7. The Kier molecular flexibility index (Phi) is 4.08. The third-order valence-electron chi connectivity index (χ3n) is 3.21. The van der Waals surface area contributed by atoms with E-state index in [0.29, 0.717) is 13.1 Å². The number of nitrogens with two attached hydrogens (primary N) is 1. The van der Waals surface area contributed by atoms with Gasteiger partial charge in [-0.15, -0.1) is 0 Å². The highest BCUT2D eigenvalue weighted by Gasteiger charge is 2.15. The van der Waals surface area contributed by atoms with Gasteiger partial charge in [0.05, 0.1) is 6.54 Å². The van der Waals surface area contributed by atoms with Crippen molar-refractivity contribution in [3.05, 3.63) is 46.2 Å². The van der Waals surface area contributed by atoms with Crippen LogP contribution in [0.3, 0.4) is 0 Å². The molecule has 0 bridgehead atoms. The third-order valence-corrected chi connectivity index (χ3v) is 3.94. The van der Waals surface area contributed by atoms with Crippen molar-refractivity contribution in [1.29, 1.82) is 0 Å². The van der Waals surface area contributed by atoms with Gasteiger partial charge >= 0.3 is 0 Å². The van der Waals surface area contributed by atoms with Crippen molar-refractivity contribution < 1.29 is 14.3 Å². The summed E-state index contributed by atoms with van der Waals surface area (Å²) in [6.07, 6.45) is 0. The molecule has 2 heterocycles. The number of rotatable bonds is 6. The van der Waals surface area contributed by atoms with E-state index >= 15 is 0 Å². The Hall–Kier alpha value is -2.05. The predicted molar refractivity (Wildman–Crippen MR) is 80.2 cm³/mol. The molecule has 2 aromatic rings. The third kappa shape index (κ3) is 3.53. The second kappa shape index (κ2) is 6.15. The minimum absolute atomic E-state index is 0.226. The second-order valence-corrected chi connectivity index (χ2v) is 5.71. The van der Waals surface area contributed by atoms with Crippen molar-refractivity contribution in [3.63, 3.8) is 0 Å². The number of carbonyl (C=O) groups excluding carboxylic acids is 1. The van der Waals surface area contributed by atoms with E-state index in [1.807, 2.05) is 28.5 Å². The first-order chi connectivity index (χ1) is 10.2. The van der Waals surface area contributed by atoms with Crippen LogP contribution in [0.5, 0.6) is 11.5 Å². The van der Waals surface area contributed by atoms with Crippen LogP contribution >= 0.6 is 11.3 Å². The zero-order valence-electron chi connectivity index (χ0n) is 11.5. The van der Waals surface area contributed by atoms with Crippen LogP contribution in [-0.2, 0) is 17.9 Å². The maximum Gasteiger partial charge on any atom is 0.231 e. The summed E-state index contributed by atoms with van der Waals surface area (Å²) in [6.45, 7) is 1.82. The number of carbonyl (C=O) groups is 1. The molecule has 0 saturated heterocycles. The Morgan fingerprint density at radius 1 is 1.19 bits per heavy atom. The molecule has 6 heteroatoms. The molecule has 0 aliphatic carbocycles. The van der Waals surface area contributed by atoms with Gasteiger partial charge in [0, 0.05) is 13.1 Å². The number of thiophene rings is 1. The summed E-state index contributed by atoms with van der Waals surface area (Å²) in [4.78, 5) is 13.3. The molecule has 2 N–H and O–H groups in total. The van der Waals surface area contributed by atoms with E-state index in [1.54, 1.807) is 11.3 Å². The summed E-state index contributed by atoms with van der Waals surface area (Å²) in [6, 6.07) is 7.88. The molecule has 0 saturated carbocycles. The molecule has 1 aliphatic heterocycles. The minimum Gasteiger partial charge on any atom is -0.454 e. The first-order valence-electron chi connectivity index (χ1n) is 6.61. The summed E-state index contributed by atoms with van der Waals surface area (Å²) in [5.41, 5.74) is 7.59. The lowest BCUT2D eigenvalue weighted by Crippen LogP contribution is -2.32. The van der Waals surface area contributed by atoms with E-state index in [0.717, 1.165) is 17.1 Å². The van der Waals surface area contributed by atoms with Gasteiger partial charge in [-0.25, -0.2) is 0 Å². The van der Waals surface area contributed by atoms with E-state index in [4.69, 9.17) is 15.2 Å². The summed E-state index contributed by atoms with van der Waals surface area (Å²) in [7, 11) is 0. The Balaban J connectivity index is 1.72. The van der Waals surface area contributed by atoms with Gasteiger partial charge in [-0.05, 0) is 40.1 Å². The van der Waals surface area contributed by atoms with Crippen LogP contribution in [0.2, 0.25) is 0 Å². The van der Waals surface area contributed by atoms with E-state index < -0.39 is 0 Å². The van der Waals surface area contributed by atoms with Crippen LogP contribution in [0.4, 0.5) is 0 Å². The lowest BCUT2D eigenvalue weighted by atomic mass is 10.1. The molecular weight excluding hydrogens is 288 g/mol. The van der Waals surface area contributed by atoms with Crippen LogP contribution < -0.4 is 15.2 Å². The molecule has 0 radical (unpaired) electrons. The number of ether oxygens (including phenoxy) is 2. The number of primary amides is 1. The summed E-state index contributed by atoms with van der Waals surface area (Å²) >= 11 is 1.64. The Bertz CT molecular complexity index is 628. The van der Waals surface area contributed by atoms with E-state index in [2.05, 4.69) is 11.4 Å². The van der Waals surface area contributed by atoms with Crippen molar-refractivity contribution in [2.75, 3.05) is 13.3 Å². The minimum atomic E-state index is -0.328. The van der Waals surface area contributed by atoms with Crippen LogP contribution in [0, 0.1) is 0 Å². The van der Waals surface area contributed by atoms with Crippen LogP contribution in [-0.4, -0.2) is 24.1 Å². The largest absolute Gasteiger partial charge is 0.454 e. The second-order valence-electron chi connectivity index (χ2n) is 4.93. The van der Waals surface area contributed by atoms with Gasteiger partial charge in [0.25, 0.3) is 0 Å².